The molecule has 0 aliphatic rings. The van der Waals surface area contributed by atoms with E-state index in [0.29, 0.717) is 6.42 Å². The first-order chi connectivity index (χ1) is 5.16. The predicted molar refractivity (Wildman–Crippen MR) is 38.5 cm³/mol. The smallest absolute Gasteiger partial charge is 0.166 e. The van der Waals surface area contributed by atoms with Crippen LogP contribution in [-0.4, -0.2) is 4.98 Å². The molecule has 0 aromatic carbocycles. The van der Waals surface area contributed by atoms with Crippen LogP contribution in [-0.2, 0) is 6.42 Å². The van der Waals surface area contributed by atoms with Crippen molar-refractivity contribution in [1.29, 1.82) is 0 Å². The molecule has 0 unspecified atom stereocenters. The molecule has 0 bridgehead atoms. The number of hydrogen-bond donors (Lipinski definition) is 0. The molecule has 0 saturated heterocycles. The second kappa shape index (κ2) is 3.13. The van der Waals surface area contributed by atoms with Gasteiger partial charge in [0.15, 0.2) is 11.6 Å². The number of hydrogen-bond acceptors (Lipinski definition) is 1. The van der Waals surface area contributed by atoms with E-state index in [1.165, 1.54) is 0 Å². The van der Waals surface area contributed by atoms with Crippen molar-refractivity contribution in [2.24, 2.45) is 0 Å². The Morgan fingerprint density at radius 2 is 2.18 bits per heavy atom. The molecule has 0 saturated carbocycles. The number of aromatic nitrogens is 1. The highest BCUT2D eigenvalue weighted by molar-refractivity contribution is 6.30. The van der Waals surface area contributed by atoms with Gasteiger partial charge in [-0.05, 0) is 6.42 Å². The Hall–Kier alpha value is -0.700. The van der Waals surface area contributed by atoms with Crippen molar-refractivity contribution in [3.8, 4) is 0 Å². The third-order valence-electron chi connectivity index (χ3n) is 1.32. The second-order valence-electron chi connectivity index (χ2n) is 2.03. The minimum Gasteiger partial charge on any atom is -0.255 e. The fraction of sp³-hybridized carbons (Fsp3) is 0.286. The number of halogens is 3. The Morgan fingerprint density at radius 3 is 2.73 bits per heavy atom. The van der Waals surface area contributed by atoms with Gasteiger partial charge in [0, 0.05) is 0 Å². The summed E-state index contributed by atoms with van der Waals surface area (Å²) in [6.07, 6.45) is 1.33. The van der Waals surface area contributed by atoms with Crippen LogP contribution in [0.4, 0.5) is 8.78 Å². The lowest BCUT2D eigenvalue weighted by molar-refractivity contribution is 0.560. The Labute approximate surface area is 68.0 Å². The van der Waals surface area contributed by atoms with Crippen molar-refractivity contribution < 1.29 is 8.78 Å². The average molecular weight is 178 g/mol. The van der Waals surface area contributed by atoms with Crippen molar-refractivity contribution in [2.45, 2.75) is 13.3 Å². The van der Waals surface area contributed by atoms with Crippen molar-refractivity contribution in [3.63, 3.8) is 0 Å². The summed E-state index contributed by atoms with van der Waals surface area (Å²) in [5, 5.41) is -0.475. The summed E-state index contributed by atoms with van der Waals surface area (Å²) in [5.41, 5.74) is 0.191. The normalized spacial score (nSPS) is 10.2. The molecule has 0 atom stereocenters. The molecule has 0 spiro atoms. The molecular weight excluding hydrogens is 172 g/mol. The topological polar surface area (TPSA) is 12.9 Å². The Balaban J connectivity index is 3.25. The van der Waals surface area contributed by atoms with Gasteiger partial charge in [0.1, 0.15) is 5.02 Å². The van der Waals surface area contributed by atoms with Crippen LogP contribution >= 0.6 is 11.6 Å². The summed E-state index contributed by atoms with van der Waals surface area (Å²) < 4.78 is 25.3. The van der Waals surface area contributed by atoms with E-state index in [1.807, 2.05) is 0 Å². The highest BCUT2D eigenvalue weighted by Gasteiger charge is 2.10. The summed E-state index contributed by atoms with van der Waals surface area (Å²) in [6.45, 7) is 1.72. The number of aryl methyl sites for hydroxylation is 1. The van der Waals surface area contributed by atoms with E-state index in [-0.39, 0.29) is 5.69 Å². The van der Waals surface area contributed by atoms with Crippen LogP contribution in [0.1, 0.15) is 12.6 Å². The van der Waals surface area contributed by atoms with Crippen LogP contribution in [0.25, 0.3) is 0 Å². The molecule has 0 aliphatic heterocycles. The zero-order valence-corrected chi connectivity index (χ0v) is 6.62. The highest BCUT2D eigenvalue weighted by Crippen LogP contribution is 2.19. The van der Waals surface area contributed by atoms with Crippen molar-refractivity contribution in [1.82, 2.24) is 4.98 Å². The first kappa shape index (κ1) is 8.40. The predicted octanol–water partition coefficient (Wildman–Crippen LogP) is 2.58. The first-order valence-corrected chi connectivity index (χ1v) is 3.53. The van der Waals surface area contributed by atoms with Gasteiger partial charge in [0.25, 0.3) is 0 Å². The van der Waals surface area contributed by atoms with E-state index in [2.05, 4.69) is 4.98 Å². The maximum Gasteiger partial charge on any atom is 0.166 e. The van der Waals surface area contributed by atoms with Gasteiger partial charge < -0.3 is 0 Å². The van der Waals surface area contributed by atoms with E-state index in [1.54, 1.807) is 6.92 Å². The maximum atomic E-state index is 12.8. The number of rotatable bonds is 1. The van der Waals surface area contributed by atoms with Gasteiger partial charge in [-0.15, -0.1) is 0 Å². The van der Waals surface area contributed by atoms with Crippen molar-refractivity contribution in [3.05, 3.63) is 28.5 Å². The average Bonchev–Trinajstić information content (AvgIpc) is 2.01. The minimum absolute atomic E-state index is 0.191. The molecule has 60 valence electrons. The summed E-state index contributed by atoms with van der Waals surface area (Å²) in [6, 6.07) is 0. The van der Waals surface area contributed by atoms with Gasteiger partial charge >= 0.3 is 0 Å². The van der Waals surface area contributed by atoms with E-state index in [4.69, 9.17) is 11.6 Å². The molecular formula is C7H6ClF2N. The van der Waals surface area contributed by atoms with Gasteiger partial charge in [-0.2, -0.15) is 0 Å². The molecule has 0 aliphatic carbocycles. The fourth-order valence-electron chi connectivity index (χ4n) is 0.726. The Morgan fingerprint density at radius 1 is 1.55 bits per heavy atom. The first-order valence-electron chi connectivity index (χ1n) is 3.15. The molecule has 11 heavy (non-hydrogen) atoms. The van der Waals surface area contributed by atoms with Gasteiger partial charge in [-0.1, -0.05) is 18.5 Å². The van der Waals surface area contributed by atoms with Crippen LogP contribution in [0.15, 0.2) is 6.20 Å². The summed E-state index contributed by atoms with van der Waals surface area (Å²) >= 11 is 5.27. The monoisotopic (exact) mass is 177 g/mol. The molecule has 0 amide bonds. The minimum atomic E-state index is -0.818. The zero-order chi connectivity index (χ0) is 8.43. The Bertz CT molecular complexity index is 275. The second-order valence-corrected chi connectivity index (χ2v) is 2.41. The van der Waals surface area contributed by atoms with Crippen LogP contribution in [0.3, 0.4) is 0 Å². The molecule has 0 N–H and O–H groups in total. The fourth-order valence-corrected chi connectivity index (χ4v) is 0.884. The molecule has 1 rings (SSSR count). The highest BCUT2D eigenvalue weighted by atomic mass is 35.5. The summed E-state index contributed by atoms with van der Waals surface area (Å²) in [4.78, 5) is 3.52. The van der Waals surface area contributed by atoms with Crippen LogP contribution in [0, 0.1) is 11.6 Å². The molecule has 0 fully saturated rings. The van der Waals surface area contributed by atoms with Crippen molar-refractivity contribution in [2.75, 3.05) is 0 Å². The summed E-state index contributed by atoms with van der Waals surface area (Å²) in [5.74, 6) is -1.57. The third kappa shape index (κ3) is 1.48. The van der Waals surface area contributed by atoms with E-state index >= 15 is 0 Å². The molecule has 0 radical (unpaired) electrons. The summed E-state index contributed by atoms with van der Waals surface area (Å²) in [7, 11) is 0. The zero-order valence-electron chi connectivity index (χ0n) is 5.87. The maximum absolute atomic E-state index is 12.8. The van der Waals surface area contributed by atoms with Crippen LogP contribution < -0.4 is 0 Å². The third-order valence-corrected chi connectivity index (χ3v) is 1.67. The molecule has 1 aromatic rings. The van der Waals surface area contributed by atoms with Gasteiger partial charge in [0.2, 0.25) is 0 Å². The lowest BCUT2D eigenvalue weighted by atomic mass is 10.3. The van der Waals surface area contributed by atoms with Gasteiger partial charge in [0.05, 0.1) is 11.9 Å². The van der Waals surface area contributed by atoms with E-state index < -0.39 is 16.7 Å². The van der Waals surface area contributed by atoms with E-state index in [0.717, 1.165) is 6.20 Å². The van der Waals surface area contributed by atoms with Gasteiger partial charge in [-0.25, -0.2) is 8.78 Å². The molecule has 1 aromatic heterocycles. The SMILES string of the molecule is CCc1ncc(F)c(Cl)c1F. The molecule has 1 heterocycles. The quantitative estimate of drug-likeness (QED) is 0.643. The lowest BCUT2D eigenvalue weighted by Crippen LogP contribution is -1.95. The van der Waals surface area contributed by atoms with Crippen molar-refractivity contribution >= 4 is 11.6 Å². The molecule has 4 heteroatoms. The lowest BCUT2D eigenvalue weighted by Gasteiger charge is -1.99. The standard InChI is InChI=1S/C7H6ClF2N/c1-2-5-7(10)6(8)4(9)3-11-5/h3H,2H2,1H3. The van der Waals surface area contributed by atoms with Gasteiger partial charge in [-0.3, -0.25) is 4.98 Å². The molecule has 1 nitrogen and oxygen atoms in total. The largest absolute Gasteiger partial charge is 0.255 e. The van der Waals surface area contributed by atoms with E-state index in [9.17, 15) is 8.78 Å². The Kier molecular flexibility index (Phi) is 2.39. The number of pyridine rings is 1. The van der Waals surface area contributed by atoms with Crippen LogP contribution in [0.2, 0.25) is 5.02 Å². The number of nitrogens with zero attached hydrogens (tertiary/aromatic N) is 1. The van der Waals surface area contributed by atoms with Crippen LogP contribution in [0.5, 0.6) is 0 Å².